The number of carbonyl (C=O) groups is 3. The Morgan fingerprint density at radius 2 is 1.73 bits per heavy atom. The molecule has 3 amide bonds. The number of rotatable bonds is 12. The highest BCUT2D eigenvalue weighted by molar-refractivity contribution is 5.92. The Bertz CT molecular complexity index is 1020. The first kappa shape index (κ1) is 29.6. The summed E-state index contributed by atoms with van der Waals surface area (Å²) in [4.78, 5) is 41.0. The molecule has 0 saturated heterocycles. The van der Waals surface area contributed by atoms with Gasteiger partial charge in [-0.1, -0.05) is 62.2 Å². The van der Waals surface area contributed by atoms with Gasteiger partial charge in [0.05, 0.1) is 6.61 Å². The third kappa shape index (κ3) is 9.76. The summed E-state index contributed by atoms with van der Waals surface area (Å²) in [5, 5.41) is 25.4. The number of unbranched alkanes of at least 4 members (excludes halogenated alkanes) is 2. The summed E-state index contributed by atoms with van der Waals surface area (Å²) in [6.07, 6.45) is 1.45. The molecule has 2 unspecified atom stereocenters. The maximum absolute atomic E-state index is 13.7. The molecule has 0 aliphatic heterocycles. The third-order valence-corrected chi connectivity index (χ3v) is 5.51. The number of nitrogens with one attached hydrogen (secondary N) is 2. The number of amides is 3. The minimum Gasteiger partial charge on any atom is -0.508 e. The standard InChI is InChI=1S/C28H39N3O6/c1-5-6-10-16-31(26(35)23(19-32)30-27(36)37-28(2,3)4)24(21-14-11-15-22(33)17-21)25(34)29-18-20-12-8-7-9-13-20/h7-9,11-15,17,23-24,32-33H,5-6,10,16,18-19H2,1-4H3,(H,29,34)(H,30,36). The van der Waals surface area contributed by atoms with E-state index in [2.05, 4.69) is 10.6 Å². The van der Waals surface area contributed by atoms with Crippen LogP contribution in [0, 0.1) is 0 Å². The van der Waals surface area contributed by atoms with Crippen molar-refractivity contribution >= 4 is 17.9 Å². The molecule has 0 radical (unpaired) electrons. The highest BCUT2D eigenvalue weighted by atomic mass is 16.6. The number of carbonyl (C=O) groups excluding carboxylic acids is 3. The van der Waals surface area contributed by atoms with Crippen LogP contribution in [0.5, 0.6) is 5.75 Å². The van der Waals surface area contributed by atoms with Crippen LogP contribution >= 0.6 is 0 Å². The van der Waals surface area contributed by atoms with Gasteiger partial charge < -0.3 is 30.5 Å². The van der Waals surface area contributed by atoms with Crippen molar-refractivity contribution in [3.63, 3.8) is 0 Å². The van der Waals surface area contributed by atoms with Crippen molar-refractivity contribution in [3.8, 4) is 5.75 Å². The van der Waals surface area contributed by atoms with Gasteiger partial charge in [0.25, 0.3) is 0 Å². The molecular formula is C28H39N3O6. The van der Waals surface area contributed by atoms with Crippen molar-refractivity contribution in [2.45, 2.75) is 71.2 Å². The quantitative estimate of drug-likeness (QED) is 0.321. The molecule has 2 aromatic rings. The lowest BCUT2D eigenvalue weighted by atomic mass is 10.0. The Labute approximate surface area is 218 Å². The van der Waals surface area contributed by atoms with Crippen LogP contribution < -0.4 is 10.6 Å². The number of alkyl carbamates (subject to hydrolysis) is 1. The van der Waals surface area contributed by atoms with Crippen molar-refractivity contribution in [3.05, 3.63) is 65.7 Å². The van der Waals surface area contributed by atoms with Gasteiger partial charge in [0, 0.05) is 13.1 Å². The molecule has 0 saturated carbocycles. The van der Waals surface area contributed by atoms with E-state index in [1.54, 1.807) is 32.9 Å². The number of aliphatic hydroxyl groups is 1. The van der Waals surface area contributed by atoms with Crippen LogP contribution in [0.15, 0.2) is 54.6 Å². The molecule has 0 aliphatic carbocycles. The van der Waals surface area contributed by atoms with E-state index in [0.29, 0.717) is 12.0 Å². The fourth-order valence-corrected chi connectivity index (χ4v) is 3.78. The SMILES string of the molecule is CCCCCN(C(=O)C(CO)NC(=O)OC(C)(C)C)C(C(=O)NCc1ccccc1)c1cccc(O)c1. The normalized spacial score (nSPS) is 12.8. The van der Waals surface area contributed by atoms with E-state index < -0.39 is 42.2 Å². The molecule has 0 spiro atoms. The summed E-state index contributed by atoms with van der Waals surface area (Å²) in [6, 6.07) is 13.1. The second-order valence-electron chi connectivity index (χ2n) is 9.82. The molecule has 0 bridgehead atoms. The van der Waals surface area contributed by atoms with Gasteiger partial charge in [-0.05, 0) is 50.5 Å². The van der Waals surface area contributed by atoms with Crippen LogP contribution in [0.25, 0.3) is 0 Å². The molecule has 202 valence electrons. The molecule has 37 heavy (non-hydrogen) atoms. The van der Waals surface area contributed by atoms with Gasteiger partial charge in [-0.2, -0.15) is 0 Å². The Balaban J connectivity index is 2.40. The number of phenols is 1. The summed E-state index contributed by atoms with van der Waals surface area (Å²) in [7, 11) is 0. The number of nitrogens with zero attached hydrogens (tertiary/aromatic N) is 1. The predicted octanol–water partition coefficient (Wildman–Crippen LogP) is 3.65. The van der Waals surface area contributed by atoms with E-state index in [1.165, 1.54) is 17.0 Å². The second-order valence-corrected chi connectivity index (χ2v) is 9.82. The zero-order valence-corrected chi connectivity index (χ0v) is 22.1. The number of hydrogen-bond acceptors (Lipinski definition) is 6. The summed E-state index contributed by atoms with van der Waals surface area (Å²) >= 11 is 0. The summed E-state index contributed by atoms with van der Waals surface area (Å²) in [5.41, 5.74) is 0.494. The zero-order valence-electron chi connectivity index (χ0n) is 22.1. The number of ether oxygens (including phenoxy) is 1. The highest BCUT2D eigenvalue weighted by Crippen LogP contribution is 2.26. The zero-order chi connectivity index (χ0) is 27.4. The first-order chi connectivity index (χ1) is 17.6. The first-order valence-corrected chi connectivity index (χ1v) is 12.6. The summed E-state index contributed by atoms with van der Waals surface area (Å²) < 4.78 is 5.25. The number of aromatic hydroxyl groups is 1. The van der Waals surface area contributed by atoms with E-state index in [0.717, 1.165) is 18.4 Å². The molecule has 0 aliphatic rings. The molecular weight excluding hydrogens is 474 g/mol. The second kappa shape index (κ2) is 14.2. The van der Waals surface area contributed by atoms with Crippen LogP contribution in [0.4, 0.5) is 4.79 Å². The number of benzene rings is 2. The minimum absolute atomic E-state index is 0.0510. The topological polar surface area (TPSA) is 128 Å². The fraction of sp³-hybridized carbons (Fsp3) is 0.464. The monoisotopic (exact) mass is 513 g/mol. The molecule has 0 heterocycles. The largest absolute Gasteiger partial charge is 0.508 e. The fourth-order valence-electron chi connectivity index (χ4n) is 3.78. The lowest BCUT2D eigenvalue weighted by Gasteiger charge is -2.34. The Kier molecular flexibility index (Phi) is 11.4. The lowest BCUT2D eigenvalue weighted by Crippen LogP contribution is -2.54. The maximum Gasteiger partial charge on any atom is 0.408 e. The van der Waals surface area contributed by atoms with Crippen molar-refractivity contribution in [2.24, 2.45) is 0 Å². The Morgan fingerprint density at radius 1 is 1.03 bits per heavy atom. The molecule has 2 rings (SSSR count). The summed E-state index contributed by atoms with van der Waals surface area (Å²) in [5.74, 6) is -1.13. The van der Waals surface area contributed by atoms with Gasteiger partial charge in [-0.3, -0.25) is 9.59 Å². The summed E-state index contributed by atoms with van der Waals surface area (Å²) in [6.45, 7) is 6.85. The molecule has 4 N–H and O–H groups in total. The van der Waals surface area contributed by atoms with Gasteiger partial charge >= 0.3 is 6.09 Å². The number of hydrogen-bond donors (Lipinski definition) is 4. The van der Waals surface area contributed by atoms with Crippen LogP contribution in [-0.4, -0.2) is 57.8 Å². The van der Waals surface area contributed by atoms with Crippen molar-refractivity contribution < 1.29 is 29.3 Å². The van der Waals surface area contributed by atoms with Gasteiger partial charge in [0.1, 0.15) is 23.4 Å². The maximum atomic E-state index is 13.7. The third-order valence-electron chi connectivity index (χ3n) is 5.51. The van der Waals surface area contributed by atoms with Gasteiger partial charge in [0.2, 0.25) is 11.8 Å². The molecule has 0 aromatic heterocycles. The van der Waals surface area contributed by atoms with E-state index >= 15 is 0 Å². The van der Waals surface area contributed by atoms with E-state index in [9.17, 15) is 24.6 Å². The highest BCUT2D eigenvalue weighted by Gasteiger charge is 2.36. The molecule has 2 aromatic carbocycles. The van der Waals surface area contributed by atoms with Gasteiger partial charge in [0.15, 0.2) is 0 Å². The van der Waals surface area contributed by atoms with Gasteiger partial charge in [-0.25, -0.2) is 4.79 Å². The van der Waals surface area contributed by atoms with Gasteiger partial charge in [-0.15, -0.1) is 0 Å². The van der Waals surface area contributed by atoms with Crippen molar-refractivity contribution in [2.75, 3.05) is 13.2 Å². The first-order valence-electron chi connectivity index (χ1n) is 12.6. The molecule has 9 nitrogen and oxygen atoms in total. The molecule has 9 heteroatoms. The van der Waals surface area contributed by atoms with E-state index in [4.69, 9.17) is 4.74 Å². The van der Waals surface area contributed by atoms with Crippen LogP contribution in [0.1, 0.15) is 64.1 Å². The van der Waals surface area contributed by atoms with Crippen molar-refractivity contribution in [1.82, 2.24) is 15.5 Å². The lowest BCUT2D eigenvalue weighted by molar-refractivity contribution is -0.143. The van der Waals surface area contributed by atoms with Crippen molar-refractivity contribution in [1.29, 1.82) is 0 Å². The Morgan fingerprint density at radius 3 is 2.32 bits per heavy atom. The number of aliphatic hydroxyl groups excluding tert-OH is 1. The van der Waals surface area contributed by atoms with Crippen LogP contribution in [-0.2, 0) is 20.9 Å². The minimum atomic E-state index is -1.32. The number of phenolic OH excluding ortho intramolecular Hbond substituents is 1. The van der Waals surface area contributed by atoms with E-state index in [-0.39, 0.29) is 18.8 Å². The predicted molar refractivity (Wildman–Crippen MR) is 141 cm³/mol. The average Bonchev–Trinajstić information content (AvgIpc) is 2.84. The smallest absolute Gasteiger partial charge is 0.408 e. The van der Waals surface area contributed by atoms with E-state index in [1.807, 2.05) is 37.3 Å². The Hall–Kier alpha value is -3.59. The average molecular weight is 514 g/mol. The molecule has 0 fully saturated rings. The van der Waals surface area contributed by atoms with Crippen LogP contribution in [0.2, 0.25) is 0 Å². The molecule has 2 atom stereocenters. The van der Waals surface area contributed by atoms with Crippen LogP contribution in [0.3, 0.4) is 0 Å².